The summed E-state index contributed by atoms with van der Waals surface area (Å²) in [6, 6.07) is 16.9. The van der Waals surface area contributed by atoms with Crippen molar-refractivity contribution in [3.05, 3.63) is 67.5 Å². The van der Waals surface area contributed by atoms with Crippen molar-refractivity contribution in [2.45, 2.75) is 39.8 Å². The second-order valence-electron chi connectivity index (χ2n) is 10.9. The minimum atomic E-state index is 0.259. The Morgan fingerprint density at radius 2 is 1.07 bits per heavy atom. The summed E-state index contributed by atoms with van der Waals surface area (Å²) in [5, 5.41) is 9.02. The highest BCUT2D eigenvalue weighted by atomic mass is 15.2. The first-order valence-electron chi connectivity index (χ1n) is 13.7. The largest absolute Gasteiger partial charge is 0.381 e. The SMILES string of the molecule is CC(C)Nc1cccc2ncn(-c3nc4ncnc5nc(-n6cnc7cccc(NC(C)C)c76)c6ccc3c6n45)c12. The number of rotatable bonds is 6. The standard InChI is InChI=1S/C30H27N11/c1-16(2)35-22-9-5-7-20-25(22)39(14-33-20)27-18-11-12-19-24(18)41-29(37-27)31-13-32-30(41)38-28(19)40-15-34-21-8-6-10-23(26(21)40)36-17(3)4/h5-17,35-36H,1-4H3. The average Bonchev–Trinajstić information content (AvgIpc) is 3.69. The first-order valence-corrected chi connectivity index (χ1v) is 13.7. The van der Waals surface area contributed by atoms with Crippen LogP contribution in [-0.2, 0) is 0 Å². The van der Waals surface area contributed by atoms with Gasteiger partial charge in [-0.3, -0.25) is 9.13 Å². The van der Waals surface area contributed by atoms with E-state index in [1.165, 1.54) is 6.33 Å². The van der Waals surface area contributed by atoms with E-state index in [-0.39, 0.29) is 12.1 Å². The van der Waals surface area contributed by atoms with Gasteiger partial charge in [-0.25, -0.2) is 24.3 Å². The quantitative estimate of drug-likeness (QED) is 0.280. The lowest BCUT2D eigenvalue weighted by atomic mass is 10.2. The molecule has 0 bridgehead atoms. The highest BCUT2D eigenvalue weighted by molar-refractivity contribution is 6.08. The Kier molecular flexibility index (Phi) is 4.93. The van der Waals surface area contributed by atoms with E-state index in [4.69, 9.17) is 19.9 Å². The molecule has 11 heteroatoms. The summed E-state index contributed by atoms with van der Waals surface area (Å²) >= 11 is 0. The molecular formula is C30H27N11. The maximum atomic E-state index is 5.02. The van der Waals surface area contributed by atoms with Crippen molar-refractivity contribution in [3.8, 4) is 11.6 Å². The van der Waals surface area contributed by atoms with Crippen molar-refractivity contribution >= 4 is 61.3 Å². The molecule has 0 atom stereocenters. The molecule has 0 unspecified atom stereocenters. The van der Waals surface area contributed by atoms with Crippen LogP contribution in [0.1, 0.15) is 27.7 Å². The van der Waals surface area contributed by atoms with Gasteiger partial charge < -0.3 is 10.6 Å². The average molecular weight is 542 g/mol. The van der Waals surface area contributed by atoms with Gasteiger partial charge in [0.05, 0.1) is 39.0 Å². The van der Waals surface area contributed by atoms with E-state index in [9.17, 15) is 0 Å². The summed E-state index contributed by atoms with van der Waals surface area (Å²) in [5.74, 6) is 2.52. The first-order chi connectivity index (χ1) is 20.0. The Morgan fingerprint density at radius 1 is 0.585 bits per heavy atom. The van der Waals surface area contributed by atoms with Gasteiger partial charge in [0.1, 0.15) is 19.0 Å². The molecular weight excluding hydrogens is 514 g/mol. The third-order valence-electron chi connectivity index (χ3n) is 7.27. The zero-order valence-corrected chi connectivity index (χ0v) is 23.0. The highest BCUT2D eigenvalue weighted by Crippen LogP contribution is 2.36. The van der Waals surface area contributed by atoms with Crippen molar-refractivity contribution < 1.29 is 0 Å². The molecule has 0 spiro atoms. The normalized spacial score (nSPS) is 12.3. The fraction of sp³-hybridized carbons (Fsp3) is 0.200. The Labute approximate surface area is 234 Å². The Hall–Kier alpha value is -5.32. The molecule has 5 aromatic heterocycles. The topological polar surface area (TPSA) is 116 Å². The summed E-state index contributed by atoms with van der Waals surface area (Å²) < 4.78 is 6.02. The van der Waals surface area contributed by atoms with Gasteiger partial charge in [-0.1, -0.05) is 12.1 Å². The van der Waals surface area contributed by atoms with E-state index in [2.05, 4.69) is 72.6 Å². The zero-order chi connectivity index (χ0) is 27.8. The first kappa shape index (κ1) is 23.6. The van der Waals surface area contributed by atoms with E-state index >= 15 is 0 Å². The van der Waals surface area contributed by atoms with E-state index in [1.54, 1.807) is 0 Å². The molecule has 0 aliphatic carbocycles. The molecule has 0 fully saturated rings. The lowest BCUT2D eigenvalue weighted by molar-refractivity contribution is 0.898. The number of nitrogens with one attached hydrogen (secondary N) is 2. The number of anilines is 2. The summed E-state index contributed by atoms with van der Waals surface area (Å²) in [5.41, 5.74) is 6.64. The summed E-state index contributed by atoms with van der Waals surface area (Å²) in [7, 11) is 0. The molecule has 8 rings (SSSR count). The van der Waals surface area contributed by atoms with Crippen molar-refractivity contribution in [2.75, 3.05) is 10.6 Å². The predicted octanol–water partition coefficient (Wildman–Crippen LogP) is 5.58. The number of imidazole rings is 2. The van der Waals surface area contributed by atoms with Gasteiger partial charge in [0, 0.05) is 22.9 Å². The molecule has 3 aromatic carbocycles. The molecule has 0 aliphatic rings. The molecule has 5 heterocycles. The second kappa shape index (κ2) is 8.59. The van der Waals surface area contributed by atoms with Crippen LogP contribution in [0.3, 0.4) is 0 Å². The number of nitrogens with zero attached hydrogens (tertiary/aromatic N) is 9. The monoisotopic (exact) mass is 541 g/mol. The fourth-order valence-corrected chi connectivity index (χ4v) is 5.75. The second-order valence-corrected chi connectivity index (χ2v) is 10.9. The minimum absolute atomic E-state index is 0.259. The molecule has 0 radical (unpaired) electrons. The van der Waals surface area contributed by atoms with Crippen LogP contribution in [0.2, 0.25) is 0 Å². The van der Waals surface area contributed by atoms with Gasteiger partial charge in [0.2, 0.25) is 11.6 Å². The molecule has 202 valence electrons. The summed E-state index contributed by atoms with van der Waals surface area (Å²) in [6.07, 6.45) is 5.17. The predicted molar refractivity (Wildman–Crippen MR) is 162 cm³/mol. The van der Waals surface area contributed by atoms with Gasteiger partial charge in [-0.2, -0.15) is 9.97 Å². The number of benzene rings is 2. The van der Waals surface area contributed by atoms with Crippen molar-refractivity contribution in [1.82, 2.24) is 43.4 Å². The number of hydrogen-bond donors (Lipinski definition) is 2. The van der Waals surface area contributed by atoms with Crippen LogP contribution in [0.4, 0.5) is 11.4 Å². The van der Waals surface area contributed by atoms with Crippen LogP contribution in [0.5, 0.6) is 0 Å². The minimum Gasteiger partial charge on any atom is -0.381 e. The Bertz CT molecular complexity index is 2080. The molecule has 8 aromatic rings. The van der Waals surface area contributed by atoms with E-state index < -0.39 is 0 Å². The smallest absolute Gasteiger partial charge is 0.240 e. The van der Waals surface area contributed by atoms with Crippen LogP contribution in [0, 0.1) is 0 Å². The number of aromatic nitrogens is 9. The van der Waals surface area contributed by atoms with Gasteiger partial charge >= 0.3 is 0 Å². The molecule has 11 nitrogen and oxygen atoms in total. The van der Waals surface area contributed by atoms with Crippen molar-refractivity contribution in [1.29, 1.82) is 0 Å². The molecule has 0 aliphatic heterocycles. The maximum absolute atomic E-state index is 5.02. The van der Waals surface area contributed by atoms with Crippen LogP contribution < -0.4 is 10.6 Å². The Morgan fingerprint density at radius 3 is 1.54 bits per heavy atom. The van der Waals surface area contributed by atoms with E-state index in [1.807, 2.05) is 50.5 Å². The van der Waals surface area contributed by atoms with E-state index in [0.717, 1.165) is 61.4 Å². The summed E-state index contributed by atoms with van der Waals surface area (Å²) in [4.78, 5) is 28.5. The molecule has 2 N–H and O–H groups in total. The fourth-order valence-electron chi connectivity index (χ4n) is 5.75. The number of hydrogen-bond acceptors (Lipinski definition) is 8. The van der Waals surface area contributed by atoms with Gasteiger partial charge in [0.25, 0.3) is 0 Å². The van der Waals surface area contributed by atoms with Crippen LogP contribution in [-0.4, -0.2) is 55.5 Å². The van der Waals surface area contributed by atoms with E-state index in [0.29, 0.717) is 11.6 Å². The van der Waals surface area contributed by atoms with Gasteiger partial charge in [-0.05, 0) is 64.1 Å². The lowest BCUT2D eigenvalue weighted by Gasteiger charge is -2.16. The molecule has 41 heavy (non-hydrogen) atoms. The Balaban J connectivity index is 1.44. The van der Waals surface area contributed by atoms with Gasteiger partial charge in [0.15, 0.2) is 11.6 Å². The maximum Gasteiger partial charge on any atom is 0.240 e. The van der Waals surface area contributed by atoms with Gasteiger partial charge in [-0.15, -0.1) is 0 Å². The zero-order valence-electron chi connectivity index (χ0n) is 23.0. The number of para-hydroxylation sites is 2. The third kappa shape index (κ3) is 3.45. The van der Waals surface area contributed by atoms with Crippen LogP contribution in [0.25, 0.3) is 61.5 Å². The molecule has 0 amide bonds. The molecule has 0 saturated carbocycles. The third-order valence-corrected chi connectivity index (χ3v) is 7.27. The summed E-state index contributed by atoms with van der Waals surface area (Å²) in [6.45, 7) is 8.50. The highest BCUT2D eigenvalue weighted by Gasteiger charge is 2.23. The lowest BCUT2D eigenvalue weighted by Crippen LogP contribution is -2.12. The van der Waals surface area contributed by atoms with Crippen molar-refractivity contribution in [3.63, 3.8) is 0 Å². The molecule has 0 saturated heterocycles. The van der Waals surface area contributed by atoms with Crippen LogP contribution >= 0.6 is 0 Å². The number of fused-ring (bicyclic) bond motifs is 2. The van der Waals surface area contributed by atoms with Crippen LogP contribution in [0.15, 0.2) is 67.5 Å². The van der Waals surface area contributed by atoms with Crippen molar-refractivity contribution in [2.24, 2.45) is 0 Å².